The Bertz CT molecular complexity index is 869. The molecule has 1 aromatic heterocycles. The number of nitro benzene ring substituents is 2. The summed E-state index contributed by atoms with van der Waals surface area (Å²) in [6.07, 6.45) is 0. The van der Waals surface area contributed by atoms with Gasteiger partial charge in [-0.25, -0.2) is 4.68 Å². The Morgan fingerprint density at radius 1 is 1.12 bits per heavy atom. The van der Waals surface area contributed by atoms with Gasteiger partial charge in [0.2, 0.25) is 5.89 Å². The second kappa shape index (κ2) is 7.27. The third-order valence-electron chi connectivity index (χ3n) is 4.11. The van der Waals surface area contributed by atoms with E-state index in [9.17, 15) is 20.2 Å². The van der Waals surface area contributed by atoms with Crippen LogP contribution in [0.1, 0.15) is 0 Å². The summed E-state index contributed by atoms with van der Waals surface area (Å²) in [4.78, 5) is 25.1. The lowest BCUT2D eigenvalue weighted by Gasteiger charge is -2.31. The third kappa shape index (κ3) is 3.92. The van der Waals surface area contributed by atoms with Crippen LogP contribution >= 0.6 is 12.2 Å². The van der Waals surface area contributed by atoms with E-state index < -0.39 is 21.2 Å². The number of nitro groups is 2. The maximum absolute atomic E-state index is 11.0. The van der Waals surface area contributed by atoms with Crippen molar-refractivity contribution in [3.05, 3.63) is 43.3 Å². The van der Waals surface area contributed by atoms with Gasteiger partial charge in [0.05, 0.1) is 28.1 Å². The van der Waals surface area contributed by atoms with E-state index in [2.05, 4.69) is 14.9 Å². The summed E-state index contributed by atoms with van der Waals surface area (Å²) in [6, 6.07) is 3.24. The maximum Gasteiger partial charge on any atom is 0.288 e. The Balaban J connectivity index is 1.89. The van der Waals surface area contributed by atoms with Gasteiger partial charge in [0.25, 0.3) is 16.2 Å². The first-order chi connectivity index (χ1) is 12.3. The van der Waals surface area contributed by atoms with Crippen LogP contribution in [-0.2, 0) is 6.67 Å². The highest BCUT2D eigenvalue weighted by Crippen LogP contribution is 2.29. The zero-order valence-electron chi connectivity index (χ0n) is 13.9. The van der Waals surface area contributed by atoms with Crippen molar-refractivity contribution in [2.75, 3.05) is 33.2 Å². The first kappa shape index (κ1) is 18.1. The molecule has 11 nitrogen and oxygen atoms in total. The SMILES string of the molecule is CN1CCN(Cn2nc(-c3cc([N+](=O)[O-])cc([N+](=O)[O-])c3)oc2=S)CC1. The van der Waals surface area contributed by atoms with E-state index >= 15 is 0 Å². The fourth-order valence-corrected chi connectivity index (χ4v) is 2.80. The summed E-state index contributed by atoms with van der Waals surface area (Å²) in [5, 5.41) is 26.3. The molecule has 1 aliphatic heterocycles. The van der Waals surface area contributed by atoms with Gasteiger partial charge in [0, 0.05) is 38.3 Å². The fourth-order valence-electron chi connectivity index (χ4n) is 2.62. The molecule has 0 amide bonds. The molecule has 138 valence electrons. The Morgan fingerprint density at radius 3 is 2.23 bits per heavy atom. The van der Waals surface area contributed by atoms with Gasteiger partial charge >= 0.3 is 0 Å². The molecule has 0 unspecified atom stereocenters. The van der Waals surface area contributed by atoms with Crippen molar-refractivity contribution in [1.29, 1.82) is 0 Å². The van der Waals surface area contributed by atoms with Crippen LogP contribution in [0.15, 0.2) is 22.6 Å². The quantitative estimate of drug-likeness (QED) is 0.434. The van der Waals surface area contributed by atoms with Gasteiger partial charge in [-0.1, -0.05) is 0 Å². The van der Waals surface area contributed by atoms with Crippen molar-refractivity contribution in [3.63, 3.8) is 0 Å². The number of benzene rings is 1. The Morgan fingerprint density at radius 2 is 1.69 bits per heavy atom. The van der Waals surface area contributed by atoms with Gasteiger partial charge in [-0.15, -0.1) is 5.10 Å². The summed E-state index contributed by atoms with van der Waals surface area (Å²) < 4.78 is 6.89. The lowest BCUT2D eigenvalue weighted by molar-refractivity contribution is -0.394. The Kier molecular flexibility index (Phi) is 5.06. The molecule has 0 aliphatic carbocycles. The molecule has 0 saturated carbocycles. The van der Waals surface area contributed by atoms with Crippen LogP contribution in [-0.4, -0.2) is 62.7 Å². The highest BCUT2D eigenvalue weighted by molar-refractivity contribution is 7.71. The molecule has 12 heteroatoms. The highest BCUT2D eigenvalue weighted by atomic mass is 32.1. The van der Waals surface area contributed by atoms with Gasteiger partial charge in [-0.05, 0) is 19.3 Å². The second-order valence-corrected chi connectivity index (χ2v) is 6.34. The average molecular weight is 380 g/mol. The fraction of sp³-hybridized carbons (Fsp3) is 0.429. The number of likely N-dealkylation sites (N-methyl/N-ethyl adjacent to an activating group) is 1. The molecule has 0 bridgehead atoms. The van der Waals surface area contributed by atoms with Crippen molar-refractivity contribution < 1.29 is 14.3 Å². The van der Waals surface area contributed by atoms with E-state index in [0.717, 1.165) is 32.2 Å². The molecule has 1 saturated heterocycles. The Labute approximate surface area is 152 Å². The standard InChI is InChI=1S/C14H16N6O5S/c1-16-2-4-17(5-3-16)9-18-14(26)25-13(15-18)10-6-11(19(21)22)8-12(7-10)20(23)24/h6-8H,2-5,9H2,1H3. The lowest BCUT2D eigenvalue weighted by Crippen LogP contribution is -2.45. The van der Waals surface area contributed by atoms with Gasteiger partial charge < -0.3 is 9.32 Å². The summed E-state index contributed by atoms with van der Waals surface area (Å²) in [6.45, 7) is 3.98. The smallest absolute Gasteiger partial charge is 0.288 e. The summed E-state index contributed by atoms with van der Waals surface area (Å²) in [7, 11) is 2.05. The van der Waals surface area contributed by atoms with Crippen molar-refractivity contribution >= 4 is 23.6 Å². The largest absolute Gasteiger partial charge is 0.409 e. The van der Waals surface area contributed by atoms with Crippen LogP contribution < -0.4 is 0 Å². The normalized spacial score (nSPS) is 15.9. The van der Waals surface area contributed by atoms with E-state index in [1.165, 1.54) is 16.8 Å². The van der Waals surface area contributed by atoms with E-state index in [1.54, 1.807) is 0 Å². The van der Waals surface area contributed by atoms with Crippen LogP contribution in [0.4, 0.5) is 11.4 Å². The topological polar surface area (TPSA) is 124 Å². The van der Waals surface area contributed by atoms with Gasteiger partial charge in [-0.3, -0.25) is 25.1 Å². The van der Waals surface area contributed by atoms with Gasteiger partial charge in [0.1, 0.15) is 0 Å². The molecule has 2 aromatic rings. The van der Waals surface area contributed by atoms with Crippen molar-refractivity contribution in [2.45, 2.75) is 6.67 Å². The summed E-state index contributed by atoms with van der Waals surface area (Å²) >= 11 is 5.16. The molecule has 1 fully saturated rings. The molecule has 0 radical (unpaired) electrons. The van der Waals surface area contributed by atoms with Gasteiger partial charge in [0.15, 0.2) is 0 Å². The molecule has 0 N–H and O–H groups in total. The van der Waals surface area contributed by atoms with Crippen LogP contribution in [0.2, 0.25) is 0 Å². The predicted octanol–water partition coefficient (Wildman–Crippen LogP) is 1.89. The average Bonchev–Trinajstić information content (AvgIpc) is 2.97. The zero-order valence-corrected chi connectivity index (χ0v) is 14.7. The monoisotopic (exact) mass is 380 g/mol. The summed E-state index contributed by atoms with van der Waals surface area (Å²) in [5.74, 6) is 0.0101. The minimum atomic E-state index is -0.702. The number of aromatic nitrogens is 2. The molecule has 2 heterocycles. The maximum atomic E-state index is 11.0. The molecule has 0 atom stereocenters. The zero-order chi connectivity index (χ0) is 18.8. The molecule has 3 rings (SSSR count). The first-order valence-corrected chi connectivity index (χ1v) is 8.17. The second-order valence-electron chi connectivity index (χ2n) is 5.99. The molecule has 26 heavy (non-hydrogen) atoms. The van der Waals surface area contributed by atoms with Crippen molar-refractivity contribution in [2.24, 2.45) is 0 Å². The van der Waals surface area contributed by atoms with E-state index in [-0.39, 0.29) is 16.3 Å². The van der Waals surface area contributed by atoms with E-state index in [4.69, 9.17) is 16.6 Å². The van der Waals surface area contributed by atoms with Crippen LogP contribution in [0, 0.1) is 25.1 Å². The number of rotatable bonds is 5. The molecule has 0 spiro atoms. The highest BCUT2D eigenvalue weighted by Gasteiger charge is 2.21. The molecular formula is C14H16N6O5S. The number of hydrogen-bond donors (Lipinski definition) is 0. The minimum absolute atomic E-state index is 0.0101. The van der Waals surface area contributed by atoms with Gasteiger partial charge in [-0.2, -0.15) is 0 Å². The molecule has 1 aromatic carbocycles. The number of nitrogens with zero attached hydrogens (tertiary/aromatic N) is 6. The molecule has 1 aliphatic rings. The predicted molar refractivity (Wildman–Crippen MR) is 93.1 cm³/mol. The van der Waals surface area contributed by atoms with Crippen LogP contribution in [0.3, 0.4) is 0 Å². The number of piperazine rings is 1. The van der Waals surface area contributed by atoms with Crippen LogP contribution in [0.25, 0.3) is 11.5 Å². The lowest BCUT2D eigenvalue weighted by atomic mass is 10.2. The third-order valence-corrected chi connectivity index (χ3v) is 4.40. The minimum Gasteiger partial charge on any atom is -0.409 e. The van der Waals surface area contributed by atoms with E-state index in [1.807, 2.05) is 7.05 Å². The first-order valence-electron chi connectivity index (χ1n) is 7.76. The van der Waals surface area contributed by atoms with E-state index in [0.29, 0.717) is 6.67 Å². The Hall–Kier alpha value is -2.70. The number of non-ortho nitro benzene ring substituents is 2. The number of hydrogen-bond acceptors (Lipinski definition) is 9. The van der Waals surface area contributed by atoms with Crippen molar-refractivity contribution in [1.82, 2.24) is 19.6 Å². The summed E-state index contributed by atoms with van der Waals surface area (Å²) in [5.41, 5.74) is -0.693. The molecular weight excluding hydrogens is 364 g/mol. The van der Waals surface area contributed by atoms with Crippen molar-refractivity contribution in [3.8, 4) is 11.5 Å². The van der Waals surface area contributed by atoms with Crippen LogP contribution in [0.5, 0.6) is 0 Å².